The highest BCUT2D eigenvalue weighted by molar-refractivity contribution is 6.02. The molecule has 1 aliphatic carbocycles. The summed E-state index contributed by atoms with van der Waals surface area (Å²) < 4.78 is 47.5. The smallest absolute Gasteiger partial charge is 0.311 e. The van der Waals surface area contributed by atoms with Crippen LogP contribution in [0.4, 0.5) is 8.78 Å². The summed E-state index contributed by atoms with van der Waals surface area (Å²) in [4.78, 5) is 33.3. The number of phenolic OH excluding ortho intramolecular Hbond substituents is 1. The number of halogens is 2. The molecule has 6 N–H and O–H groups in total. The predicted molar refractivity (Wildman–Crippen MR) is 150 cm³/mol. The first-order chi connectivity index (χ1) is 20.9. The Hall–Kier alpha value is -5.47. The number of hydrogen-bond acceptors (Lipinski definition) is 10. The number of likely N-dealkylation sites (N-methyl/N-ethyl adjacent to an activating group) is 1. The molecule has 0 radical (unpaired) electrons. The van der Waals surface area contributed by atoms with Gasteiger partial charge in [0.15, 0.2) is 17.3 Å². The Balaban J connectivity index is 1.48. The molecule has 13 nitrogen and oxygen atoms in total. The number of nitrogens with zero attached hydrogens (tertiary/aromatic N) is 3. The van der Waals surface area contributed by atoms with Gasteiger partial charge in [-0.3, -0.25) is 20.0 Å². The summed E-state index contributed by atoms with van der Waals surface area (Å²) in [6, 6.07) is 7.96. The van der Waals surface area contributed by atoms with E-state index in [4.69, 9.17) is 25.4 Å². The minimum Gasteiger partial charge on any atom is -0.504 e. The number of rotatable bonds is 10. The minimum absolute atomic E-state index is 0.0363. The number of carbonyl (C=O) groups is 2. The summed E-state index contributed by atoms with van der Waals surface area (Å²) in [5.74, 6) is -9.48. The molecule has 15 heteroatoms. The Morgan fingerprint density at radius 3 is 2.50 bits per heavy atom. The van der Waals surface area contributed by atoms with Crippen LogP contribution in [-0.4, -0.2) is 75.1 Å². The fourth-order valence-electron chi connectivity index (χ4n) is 5.12. The predicted octanol–water partition coefficient (Wildman–Crippen LogP) is 3.57. The first kappa shape index (κ1) is 30.0. The Kier molecular flexibility index (Phi) is 8.20. The minimum atomic E-state index is -1.33. The number of amidine groups is 2. The number of benzene rings is 2. The largest absolute Gasteiger partial charge is 0.504 e. The van der Waals surface area contributed by atoms with Crippen LogP contribution in [0.15, 0.2) is 47.6 Å². The molecule has 2 aliphatic rings. The standard InChI is InChI=1S/C29H27F2N5O8/c1-36-9-8-34-26(36)16-11-14(42-20-7-4-15(28(38)39)22(20)29(40)41)3-6-19(16)43-24-17(30)12-35-27(23(24)31)44-21-10-13(25(32)33)2-5-18(21)37/h2-3,5-6,10-12,15,20,22,37H,4,7-9H2,1H3,(H3,32,33)(H,38,39)(H,40,41). The van der Waals surface area contributed by atoms with Crippen LogP contribution in [0.5, 0.6) is 34.6 Å². The van der Waals surface area contributed by atoms with Gasteiger partial charge in [-0.25, -0.2) is 9.37 Å². The molecule has 0 bridgehead atoms. The second-order valence-electron chi connectivity index (χ2n) is 10.2. The molecule has 1 fully saturated rings. The molecule has 0 saturated heterocycles. The molecule has 5 rings (SSSR count). The number of phenols is 1. The van der Waals surface area contributed by atoms with E-state index in [1.54, 1.807) is 11.9 Å². The molecule has 3 atom stereocenters. The zero-order chi connectivity index (χ0) is 31.7. The lowest BCUT2D eigenvalue weighted by Crippen LogP contribution is -2.35. The maximum atomic E-state index is 15.6. The monoisotopic (exact) mass is 611 g/mol. The lowest BCUT2D eigenvalue weighted by atomic mass is 9.95. The topological polar surface area (TPSA) is 201 Å². The number of carboxylic acid groups (broad SMARTS) is 2. The zero-order valence-electron chi connectivity index (χ0n) is 23.2. The van der Waals surface area contributed by atoms with Gasteiger partial charge >= 0.3 is 11.9 Å². The van der Waals surface area contributed by atoms with E-state index >= 15 is 4.39 Å². The quantitative estimate of drug-likeness (QED) is 0.166. The van der Waals surface area contributed by atoms with Gasteiger partial charge in [0.2, 0.25) is 11.6 Å². The number of nitrogens with one attached hydrogen (secondary N) is 1. The zero-order valence-corrected chi connectivity index (χ0v) is 23.2. The molecule has 2 aromatic carbocycles. The molecule has 3 unspecified atom stereocenters. The highest BCUT2D eigenvalue weighted by Crippen LogP contribution is 2.40. The third-order valence-electron chi connectivity index (χ3n) is 7.33. The Bertz CT molecular complexity index is 1680. The fourth-order valence-corrected chi connectivity index (χ4v) is 5.12. The van der Waals surface area contributed by atoms with Gasteiger partial charge in [0, 0.05) is 19.2 Å². The van der Waals surface area contributed by atoms with Crippen LogP contribution in [-0.2, 0) is 9.59 Å². The number of aromatic nitrogens is 1. The van der Waals surface area contributed by atoms with Crippen molar-refractivity contribution in [1.82, 2.24) is 9.88 Å². The van der Waals surface area contributed by atoms with Crippen molar-refractivity contribution in [3.63, 3.8) is 0 Å². The van der Waals surface area contributed by atoms with Crippen LogP contribution in [0.2, 0.25) is 0 Å². The van der Waals surface area contributed by atoms with Gasteiger partial charge < -0.3 is 40.2 Å². The average molecular weight is 612 g/mol. The first-order valence-corrected chi connectivity index (χ1v) is 13.3. The van der Waals surface area contributed by atoms with Crippen LogP contribution < -0.4 is 19.9 Å². The number of nitrogen functional groups attached to an aromatic ring is 1. The number of nitrogens with two attached hydrogens (primary N) is 1. The second-order valence-corrected chi connectivity index (χ2v) is 10.2. The molecule has 230 valence electrons. The SMILES string of the molecule is CN1CCN=C1c1cc(OC2CCC(C(=O)O)C2C(=O)O)ccc1Oc1c(F)cnc(Oc2cc(C(=N)N)ccc2O)c1F. The number of hydrogen-bond donors (Lipinski definition) is 5. The van der Waals surface area contributed by atoms with Crippen molar-refractivity contribution >= 4 is 23.6 Å². The fraction of sp³-hybridized carbons (Fsp3) is 0.276. The second kappa shape index (κ2) is 12.0. The van der Waals surface area contributed by atoms with Gasteiger partial charge in [0.05, 0.1) is 24.2 Å². The lowest BCUT2D eigenvalue weighted by molar-refractivity contribution is -0.154. The summed E-state index contributed by atoms with van der Waals surface area (Å²) >= 11 is 0. The molecule has 0 amide bonds. The molecular weight excluding hydrogens is 584 g/mol. The number of aliphatic imine (C=N–C) groups is 1. The van der Waals surface area contributed by atoms with Crippen LogP contribution in [0.25, 0.3) is 0 Å². The van der Waals surface area contributed by atoms with E-state index in [-0.39, 0.29) is 47.1 Å². The lowest BCUT2D eigenvalue weighted by Gasteiger charge is -2.22. The van der Waals surface area contributed by atoms with Gasteiger partial charge in [-0.05, 0) is 49.2 Å². The number of ether oxygens (including phenoxy) is 3. The van der Waals surface area contributed by atoms with Crippen LogP contribution >= 0.6 is 0 Å². The van der Waals surface area contributed by atoms with E-state index in [0.29, 0.717) is 25.1 Å². The van der Waals surface area contributed by atoms with E-state index in [9.17, 15) is 29.3 Å². The highest BCUT2D eigenvalue weighted by Gasteiger charge is 2.46. The third-order valence-corrected chi connectivity index (χ3v) is 7.33. The highest BCUT2D eigenvalue weighted by atomic mass is 19.1. The maximum absolute atomic E-state index is 15.6. The molecule has 44 heavy (non-hydrogen) atoms. The first-order valence-electron chi connectivity index (χ1n) is 13.3. The molecule has 1 aromatic heterocycles. The Labute approximate surface area is 248 Å². The van der Waals surface area contributed by atoms with E-state index in [2.05, 4.69) is 9.98 Å². The van der Waals surface area contributed by atoms with Crippen molar-refractivity contribution in [1.29, 1.82) is 5.41 Å². The van der Waals surface area contributed by atoms with Gasteiger partial charge in [-0.1, -0.05) is 0 Å². The molecular formula is C29H27F2N5O8. The van der Waals surface area contributed by atoms with Crippen LogP contribution in [0.1, 0.15) is 24.0 Å². The maximum Gasteiger partial charge on any atom is 0.311 e. The van der Waals surface area contributed by atoms with Crippen molar-refractivity contribution < 1.29 is 47.9 Å². The number of aromatic hydroxyl groups is 1. The summed E-state index contributed by atoms with van der Waals surface area (Å²) in [7, 11) is 1.75. The Morgan fingerprint density at radius 2 is 1.84 bits per heavy atom. The van der Waals surface area contributed by atoms with Crippen molar-refractivity contribution in [3.05, 3.63) is 65.4 Å². The van der Waals surface area contributed by atoms with Crippen molar-refractivity contribution in [2.45, 2.75) is 18.9 Å². The van der Waals surface area contributed by atoms with Gasteiger partial charge in [0.25, 0.3) is 5.88 Å². The molecule has 2 heterocycles. The van der Waals surface area contributed by atoms with E-state index in [0.717, 1.165) is 0 Å². The number of pyridine rings is 1. The molecule has 0 spiro atoms. The molecule has 1 aliphatic heterocycles. The molecule has 3 aromatic rings. The van der Waals surface area contributed by atoms with E-state index in [1.807, 2.05) is 0 Å². The number of aliphatic carboxylic acids is 2. The van der Waals surface area contributed by atoms with E-state index in [1.165, 1.54) is 36.4 Å². The normalized spacial score (nSPS) is 19.4. The van der Waals surface area contributed by atoms with Gasteiger partial charge in [-0.2, -0.15) is 4.39 Å². The average Bonchev–Trinajstić information content (AvgIpc) is 3.60. The summed E-state index contributed by atoms with van der Waals surface area (Å²) in [6.07, 6.45) is 0.0661. The van der Waals surface area contributed by atoms with Gasteiger partial charge in [-0.15, -0.1) is 0 Å². The van der Waals surface area contributed by atoms with Crippen molar-refractivity contribution in [2.75, 3.05) is 20.1 Å². The summed E-state index contributed by atoms with van der Waals surface area (Å²) in [5.41, 5.74) is 5.92. The summed E-state index contributed by atoms with van der Waals surface area (Å²) in [5, 5.41) is 36.8. The van der Waals surface area contributed by atoms with Crippen molar-refractivity contribution in [3.8, 4) is 34.6 Å². The third kappa shape index (κ3) is 5.88. The summed E-state index contributed by atoms with van der Waals surface area (Å²) in [6.45, 7) is 0.974. The van der Waals surface area contributed by atoms with Crippen LogP contribution in [0.3, 0.4) is 0 Å². The Morgan fingerprint density at radius 1 is 1.07 bits per heavy atom. The molecule has 1 saturated carbocycles. The van der Waals surface area contributed by atoms with E-state index < -0.39 is 58.9 Å². The number of carboxylic acids is 2. The van der Waals surface area contributed by atoms with Crippen molar-refractivity contribution in [2.24, 2.45) is 22.6 Å². The van der Waals surface area contributed by atoms with Gasteiger partial charge in [0.1, 0.15) is 35.2 Å². The van der Waals surface area contributed by atoms with Crippen LogP contribution in [0, 0.1) is 28.9 Å².